The Labute approximate surface area is 147 Å². The van der Waals surface area contributed by atoms with Crippen LogP contribution in [0.5, 0.6) is 0 Å². The molecule has 1 saturated heterocycles. The van der Waals surface area contributed by atoms with Gasteiger partial charge in [0.15, 0.2) is 0 Å². The summed E-state index contributed by atoms with van der Waals surface area (Å²) in [6.07, 6.45) is 1.13. The van der Waals surface area contributed by atoms with Crippen molar-refractivity contribution in [1.82, 2.24) is 9.29 Å². The molecule has 0 atom stereocenters. The second-order valence-corrected chi connectivity index (χ2v) is 7.50. The second kappa shape index (κ2) is 6.92. The van der Waals surface area contributed by atoms with Crippen LogP contribution in [0.2, 0.25) is 0 Å². The third-order valence-electron chi connectivity index (χ3n) is 4.02. The molecular weight excluding hydrogens is 370 g/mol. The summed E-state index contributed by atoms with van der Waals surface area (Å²) in [7, 11) is -4.16. The maximum atomic E-state index is 13.8. The monoisotopic (exact) mass is 384 g/mol. The van der Waals surface area contributed by atoms with Crippen LogP contribution in [0.3, 0.4) is 0 Å². The summed E-state index contributed by atoms with van der Waals surface area (Å²) in [5.41, 5.74) is -0.142. The Morgan fingerprint density at radius 3 is 2.35 bits per heavy atom. The zero-order valence-electron chi connectivity index (χ0n) is 13.4. The quantitative estimate of drug-likeness (QED) is 0.589. The first-order chi connectivity index (χ1) is 12.3. The van der Waals surface area contributed by atoms with Crippen LogP contribution >= 0.6 is 0 Å². The summed E-state index contributed by atoms with van der Waals surface area (Å²) in [5.74, 6) is -1.37. The van der Waals surface area contributed by atoms with Gasteiger partial charge < -0.3 is 4.90 Å². The SMILES string of the molecule is O=[N+]([O-])c1ccc(N2CCN(S(=O)(=O)c3cc(F)ccc3F)CC2)nc1. The lowest BCUT2D eigenvalue weighted by Crippen LogP contribution is -2.49. The van der Waals surface area contributed by atoms with Crippen molar-refractivity contribution in [1.29, 1.82) is 0 Å². The van der Waals surface area contributed by atoms with Crippen LogP contribution in [-0.2, 0) is 10.0 Å². The molecule has 0 amide bonds. The summed E-state index contributed by atoms with van der Waals surface area (Å²) < 4.78 is 53.3. The summed E-state index contributed by atoms with van der Waals surface area (Å²) in [6.45, 7) is 0.635. The van der Waals surface area contributed by atoms with Gasteiger partial charge in [-0.15, -0.1) is 0 Å². The molecule has 1 aromatic carbocycles. The maximum Gasteiger partial charge on any atom is 0.287 e. The van der Waals surface area contributed by atoms with Gasteiger partial charge >= 0.3 is 0 Å². The lowest BCUT2D eigenvalue weighted by atomic mass is 10.3. The fraction of sp³-hybridized carbons (Fsp3) is 0.267. The number of pyridine rings is 1. The van der Waals surface area contributed by atoms with Crippen LogP contribution in [0.4, 0.5) is 20.3 Å². The Bertz CT molecular complexity index is 929. The molecule has 2 heterocycles. The van der Waals surface area contributed by atoms with Crippen LogP contribution in [-0.4, -0.2) is 48.8 Å². The van der Waals surface area contributed by atoms with Crippen molar-refractivity contribution in [3.63, 3.8) is 0 Å². The van der Waals surface area contributed by atoms with Crippen LogP contribution in [0.25, 0.3) is 0 Å². The number of halogens is 2. The minimum absolute atomic E-state index is 0.0525. The molecule has 1 aliphatic heterocycles. The Kier molecular flexibility index (Phi) is 4.83. The first kappa shape index (κ1) is 18.1. The number of hydrogen-bond donors (Lipinski definition) is 0. The zero-order valence-corrected chi connectivity index (χ0v) is 14.2. The minimum atomic E-state index is -4.16. The van der Waals surface area contributed by atoms with E-state index in [9.17, 15) is 27.3 Å². The first-order valence-corrected chi connectivity index (χ1v) is 9.03. The average molecular weight is 384 g/mol. The van der Waals surface area contributed by atoms with E-state index in [1.807, 2.05) is 0 Å². The van der Waals surface area contributed by atoms with E-state index in [4.69, 9.17) is 0 Å². The van der Waals surface area contributed by atoms with Crippen LogP contribution < -0.4 is 4.90 Å². The first-order valence-electron chi connectivity index (χ1n) is 7.59. The summed E-state index contributed by atoms with van der Waals surface area (Å²) in [6, 6.07) is 5.09. The number of benzene rings is 1. The van der Waals surface area contributed by atoms with Gasteiger partial charge in [-0.1, -0.05) is 0 Å². The predicted molar refractivity (Wildman–Crippen MR) is 88.2 cm³/mol. The number of anilines is 1. The van der Waals surface area contributed by atoms with Crippen molar-refractivity contribution in [2.45, 2.75) is 4.90 Å². The van der Waals surface area contributed by atoms with E-state index in [1.54, 1.807) is 4.90 Å². The van der Waals surface area contributed by atoms with Gasteiger partial charge in [0.2, 0.25) is 10.0 Å². The number of sulfonamides is 1. The molecule has 1 aromatic heterocycles. The highest BCUT2D eigenvalue weighted by atomic mass is 32.2. The molecule has 1 aliphatic rings. The number of hydrogen-bond acceptors (Lipinski definition) is 6. The standard InChI is InChI=1S/C15H14F2N4O4S/c16-11-1-3-13(17)14(9-11)26(24,25)20-7-5-19(6-8-20)15-4-2-12(10-18-15)21(22)23/h1-4,9-10H,5-8H2. The van der Waals surface area contributed by atoms with E-state index >= 15 is 0 Å². The number of nitrogens with zero attached hydrogens (tertiary/aromatic N) is 4. The molecular formula is C15H14F2N4O4S. The molecule has 2 aromatic rings. The van der Waals surface area contributed by atoms with E-state index in [0.717, 1.165) is 22.6 Å². The Morgan fingerprint density at radius 1 is 1.08 bits per heavy atom. The third-order valence-corrected chi connectivity index (χ3v) is 5.93. The van der Waals surface area contributed by atoms with Crippen LogP contribution in [0.15, 0.2) is 41.4 Å². The summed E-state index contributed by atoms with van der Waals surface area (Å²) in [5, 5.41) is 10.6. The number of piperazine rings is 1. The van der Waals surface area contributed by atoms with E-state index in [1.165, 1.54) is 12.1 Å². The van der Waals surface area contributed by atoms with E-state index in [-0.39, 0.29) is 31.9 Å². The van der Waals surface area contributed by atoms with Crippen molar-refractivity contribution in [3.8, 4) is 0 Å². The average Bonchev–Trinajstić information content (AvgIpc) is 2.64. The molecule has 11 heteroatoms. The van der Waals surface area contributed by atoms with Gasteiger partial charge in [-0.25, -0.2) is 22.2 Å². The molecule has 1 fully saturated rings. The van der Waals surface area contributed by atoms with Gasteiger partial charge in [-0.2, -0.15) is 4.31 Å². The molecule has 0 N–H and O–H groups in total. The summed E-state index contributed by atoms with van der Waals surface area (Å²) >= 11 is 0. The zero-order chi connectivity index (χ0) is 18.9. The fourth-order valence-electron chi connectivity index (χ4n) is 2.64. The second-order valence-electron chi connectivity index (χ2n) is 5.60. The molecule has 0 spiro atoms. The van der Waals surface area contributed by atoms with Gasteiger partial charge in [0.05, 0.1) is 4.92 Å². The van der Waals surface area contributed by atoms with Gasteiger partial charge in [0.1, 0.15) is 28.5 Å². The van der Waals surface area contributed by atoms with E-state index in [2.05, 4.69) is 4.98 Å². The van der Waals surface area contributed by atoms with Crippen molar-refractivity contribution >= 4 is 21.5 Å². The molecule has 0 bridgehead atoms. The Hall–Kier alpha value is -2.66. The molecule has 0 unspecified atom stereocenters. The fourth-order valence-corrected chi connectivity index (χ4v) is 4.14. The molecule has 0 saturated carbocycles. The normalized spacial score (nSPS) is 15.8. The number of nitro groups is 1. The molecule has 0 radical (unpaired) electrons. The number of rotatable bonds is 4. The summed E-state index contributed by atoms with van der Waals surface area (Å²) in [4.78, 5) is 15.2. The molecule has 8 nitrogen and oxygen atoms in total. The van der Waals surface area contributed by atoms with Crippen molar-refractivity contribution in [3.05, 3.63) is 58.3 Å². The molecule has 26 heavy (non-hydrogen) atoms. The van der Waals surface area contributed by atoms with E-state index in [0.29, 0.717) is 11.9 Å². The Balaban J connectivity index is 1.73. The highest BCUT2D eigenvalue weighted by molar-refractivity contribution is 7.89. The van der Waals surface area contributed by atoms with E-state index < -0.39 is 31.5 Å². The lowest BCUT2D eigenvalue weighted by molar-refractivity contribution is -0.385. The smallest absolute Gasteiger partial charge is 0.287 e. The van der Waals surface area contributed by atoms with Crippen molar-refractivity contribution in [2.75, 3.05) is 31.1 Å². The molecule has 3 rings (SSSR count). The maximum absolute atomic E-state index is 13.8. The van der Waals surface area contributed by atoms with Crippen LogP contribution in [0.1, 0.15) is 0 Å². The van der Waals surface area contributed by atoms with Gasteiger partial charge in [-0.05, 0) is 24.3 Å². The third kappa shape index (κ3) is 3.48. The lowest BCUT2D eigenvalue weighted by Gasteiger charge is -2.34. The van der Waals surface area contributed by atoms with Crippen LogP contribution in [0, 0.1) is 21.7 Å². The highest BCUT2D eigenvalue weighted by Gasteiger charge is 2.31. The molecule has 138 valence electrons. The number of aromatic nitrogens is 1. The van der Waals surface area contributed by atoms with Gasteiger partial charge in [-0.3, -0.25) is 10.1 Å². The largest absolute Gasteiger partial charge is 0.354 e. The molecule has 0 aliphatic carbocycles. The highest BCUT2D eigenvalue weighted by Crippen LogP contribution is 2.23. The van der Waals surface area contributed by atoms with Gasteiger partial charge in [0.25, 0.3) is 5.69 Å². The van der Waals surface area contributed by atoms with Gasteiger partial charge in [0, 0.05) is 32.2 Å². The van der Waals surface area contributed by atoms with Crippen molar-refractivity contribution in [2.24, 2.45) is 0 Å². The topological polar surface area (TPSA) is 96.6 Å². The van der Waals surface area contributed by atoms with Crippen molar-refractivity contribution < 1.29 is 22.1 Å². The predicted octanol–water partition coefficient (Wildman–Crippen LogP) is 1.78. The minimum Gasteiger partial charge on any atom is -0.354 e. The Morgan fingerprint density at radius 2 is 1.77 bits per heavy atom.